The number of nitrogens with zero attached hydrogens (tertiary/aromatic N) is 2. The SMILES string of the molecule is COC(=O)c1c(N)c(C#N)cn1-c1ccc(NC(=O)c2cc3ccccc3o2)cc1. The maximum atomic E-state index is 12.5. The van der Waals surface area contributed by atoms with Crippen molar-refractivity contribution in [1.29, 1.82) is 5.26 Å². The number of para-hydroxylation sites is 1. The summed E-state index contributed by atoms with van der Waals surface area (Å²) >= 11 is 0. The van der Waals surface area contributed by atoms with Gasteiger partial charge < -0.3 is 24.8 Å². The molecule has 30 heavy (non-hydrogen) atoms. The minimum absolute atomic E-state index is 0.0478. The summed E-state index contributed by atoms with van der Waals surface area (Å²) in [7, 11) is 1.24. The number of ether oxygens (including phenoxy) is 1. The molecule has 4 aromatic rings. The summed E-state index contributed by atoms with van der Waals surface area (Å²) < 4.78 is 11.8. The number of benzene rings is 2. The number of anilines is 2. The lowest BCUT2D eigenvalue weighted by Gasteiger charge is -2.10. The molecule has 0 spiro atoms. The number of nitriles is 1. The van der Waals surface area contributed by atoms with Gasteiger partial charge >= 0.3 is 5.97 Å². The first-order chi connectivity index (χ1) is 14.5. The van der Waals surface area contributed by atoms with E-state index in [1.54, 1.807) is 36.4 Å². The van der Waals surface area contributed by atoms with Gasteiger partial charge in [-0.05, 0) is 36.4 Å². The van der Waals surface area contributed by atoms with E-state index < -0.39 is 5.97 Å². The predicted molar refractivity (Wildman–Crippen MR) is 110 cm³/mol. The van der Waals surface area contributed by atoms with E-state index >= 15 is 0 Å². The summed E-state index contributed by atoms with van der Waals surface area (Å²) in [6.07, 6.45) is 1.46. The lowest BCUT2D eigenvalue weighted by Crippen LogP contribution is -2.12. The fourth-order valence-corrected chi connectivity index (χ4v) is 3.11. The largest absolute Gasteiger partial charge is 0.464 e. The Morgan fingerprint density at radius 1 is 1.17 bits per heavy atom. The highest BCUT2D eigenvalue weighted by atomic mass is 16.5. The van der Waals surface area contributed by atoms with Crippen molar-refractivity contribution in [3.8, 4) is 11.8 Å². The average molecular weight is 400 g/mol. The van der Waals surface area contributed by atoms with Gasteiger partial charge in [0.15, 0.2) is 11.5 Å². The van der Waals surface area contributed by atoms with Crippen molar-refractivity contribution < 1.29 is 18.7 Å². The molecule has 8 nitrogen and oxygen atoms in total. The molecular weight excluding hydrogens is 384 g/mol. The number of rotatable bonds is 4. The monoisotopic (exact) mass is 400 g/mol. The van der Waals surface area contributed by atoms with Gasteiger partial charge in [-0.25, -0.2) is 4.79 Å². The summed E-state index contributed by atoms with van der Waals surface area (Å²) in [4.78, 5) is 24.6. The Balaban J connectivity index is 1.60. The van der Waals surface area contributed by atoms with Gasteiger partial charge in [-0.2, -0.15) is 5.26 Å². The number of carbonyl (C=O) groups excluding carboxylic acids is 2. The molecule has 0 saturated heterocycles. The molecule has 4 rings (SSSR count). The summed E-state index contributed by atoms with van der Waals surface area (Å²) in [6.45, 7) is 0. The molecule has 0 aliphatic rings. The molecule has 0 aliphatic heterocycles. The minimum Gasteiger partial charge on any atom is -0.464 e. The molecule has 8 heteroatoms. The fraction of sp³-hybridized carbons (Fsp3) is 0.0455. The molecule has 1 amide bonds. The third-order valence-electron chi connectivity index (χ3n) is 4.60. The number of nitrogens with two attached hydrogens (primary N) is 1. The Kier molecular flexibility index (Phi) is 4.70. The lowest BCUT2D eigenvalue weighted by molar-refractivity contribution is 0.0593. The van der Waals surface area contributed by atoms with Crippen LogP contribution >= 0.6 is 0 Å². The van der Waals surface area contributed by atoms with Gasteiger partial charge in [0.1, 0.15) is 11.7 Å². The summed E-state index contributed by atoms with van der Waals surface area (Å²) in [5.74, 6) is -0.840. The van der Waals surface area contributed by atoms with Crippen molar-refractivity contribution in [1.82, 2.24) is 4.57 Å². The summed E-state index contributed by atoms with van der Waals surface area (Å²) in [6, 6.07) is 17.7. The van der Waals surface area contributed by atoms with Crippen LogP contribution in [-0.4, -0.2) is 23.6 Å². The smallest absolute Gasteiger partial charge is 0.357 e. The van der Waals surface area contributed by atoms with Crippen LogP contribution in [0.2, 0.25) is 0 Å². The maximum absolute atomic E-state index is 12.5. The molecule has 0 atom stereocenters. The molecule has 0 saturated carbocycles. The van der Waals surface area contributed by atoms with Crippen LogP contribution < -0.4 is 11.1 Å². The number of fused-ring (bicyclic) bond motifs is 1. The standard InChI is InChI=1S/C22H16N4O4/c1-29-22(28)20-19(24)14(11-23)12-26(20)16-8-6-15(7-9-16)25-21(27)18-10-13-4-2-3-5-17(13)30-18/h2-10,12H,24H2,1H3,(H,25,27). The summed E-state index contributed by atoms with van der Waals surface area (Å²) in [5, 5.41) is 12.8. The quantitative estimate of drug-likeness (QED) is 0.503. The van der Waals surface area contributed by atoms with Crippen molar-refractivity contribution in [2.24, 2.45) is 0 Å². The first-order valence-corrected chi connectivity index (χ1v) is 8.91. The number of furan rings is 1. The van der Waals surface area contributed by atoms with Crippen LogP contribution in [0.1, 0.15) is 26.6 Å². The number of nitrogens with one attached hydrogen (secondary N) is 1. The van der Waals surface area contributed by atoms with Gasteiger partial charge in [-0.3, -0.25) is 4.79 Å². The maximum Gasteiger partial charge on any atom is 0.357 e. The van der Waals surface area contributed by atoms with Crippen LogP contribution in [-0.2, 0) is 4.74 Å². The normalized spacial score (nSPS) is 10.5. The highest BCUT2D eigenvalue weighted by Gasteiger charge is 2.21. The number of hydrogen-bond acceptors (Lipinski definition) is 6. The fourth-order valence-electron chi connectivity index (χ4n) is 3.11. The Labute approximate surface area is 171 Å². The van der Waals surface area contributed by atoms with E-state index in [0.29, 0.717) is 17.0 Å². The van der Waals surface area contributed by atoms with Gasteiger partial charge in [-0.1, -0.05) is 18.2 Å². The van der Waals surface area contributed by atoms with E-state index in [4.69, 9.17) is 14.9 Å². The number of esters is 1. The molecule has 2 heterocycles. The van der Waals surface area contributed by atoms with Crippen LogP contribution in [0.3, 0.4) is 0 Å². The second kappa shape index (κ2) is 7.48. The number of carbonyl (C=O) groups is 2. The molecule has 0 fully saturated rings. The molecular formula is C22H16N4O4. The highest BCUT2D eigenvalue weighted by molar-refractivity contribution is 6.04. The molecule has 3 N–H and O–H groups in total. The number of aromatic nitrogens is 1. The van der Waals surface area contributed by atoms with E-state index in [0.717, 1.165) is 5.39 Å². The van der Waals surface area contributed by atoms with Gasteiger partial charge in [-0.15, -0.1) is 0 Å². The third kappa shape index (κ3) is 3.25. The molecule has 0 radical (unpaired) electrons. The number of methoxy groups -OCH3 is 1. The van der Waals surface area contributed by atoms with Crippen LogP contribution in [0.15, 0.2) is 65.2 Å². The van der Waals surface area contributed by atoms with E-state index in [2.05, 4.69) is 5.32 Å². The molecule has 0 bridgehead atoms. The molecule has 2 aromatic heterocycles. The Hall–Kier alpha value is -4.51. The molecule has 2 aromatic carbocycles. The van der Waals surface area contributed by atoms with Crippen LogP contribution in [0.25, 0.3) is 16.7 Å². The number of hydrogen-bond donors (Lipinski definition) is 2. The highest BCUT2D eigenvalue weighted by Crippen LogP contribution is 2.26. The first kappa shape index (κ1) is 18.8. The van der Waals surface area contributed by atoms with Crippen molar-refractivity contribution in [2.75, 3.05) is 18.2 Å². The van der Waals surface area contributed by atoms with E-state index in [9.17, 15) is 14.9 Å². The van der Waals surface area contributed by atoms with Crippen molar-refractivity contribution in [3.05, 3.63) is 77.8 Å². The number of amides is 1. The second-order valence-electron chi connectivity index (χ2n) is 6.43. The van der Waals surface area contributed by atoms with Gasteiger partial charge in [0, 0.05) is 23.0 Å². The predicted octanol–water partition coefficient (Wildman–Crippen LogP) is 3.72. The average Bonchev–Trinajstić information content (AvgIpc) is 3.35. The first-order valence-electron chi connectivity index (χ1n) is 8.91. The second-order valence-corrected chi connectivity index (χ2v) is 6.43. The van der Waals surface area contributed by atoms with Crippen LogP contribution in [0, 0.1) is 11.3 Å². The van der Waals surface area contributed by atoms with Crippen LogP contribution in [0.4, 0.5) is 11.4 Å². The van der Waals surface area contributed by atoms with E-state index in [-0.39, 0.29) is 28.6 Å². The molecule has 0 unspecified atom stereocenters. The minimum atomic E-state index is -0.656. The third-order valence-corrected chi connectivity index (χ3v) is 4.60. The van der Waals surface area contributed by atoms with Crippen LogP contribution in [0.5, 0.6) is 0 Å². The van der Waals surface area contributed by atoms with E-state index in [1.165, 1.54) is 17.9 Å². The zero-order chi connectivity index (χ0) is 21.3. The van der Waals surface area contributed by atoms with Gasteiger partial charge in [0.2, 0.25) is 0 Å². The van der Waals surface area contributed by atoms with Crippen molar-refractivity contribution in [2.45, 2.75) is 0 Å². The van der Waals surface area contributed by atoms with Crippen molar-refractivity contribution in [3.63, 3.8) is 0 Å². The number of nitrogen functional groups attached to an aromatic ring is 1. The zero-order valence-corrected chi connectivity index (χ0v) is 15.9. The van der Waals surface area contributed by atoms with E-state index in [1.807, 2.05) is 24.3 Å². The lowest BCUT2D eigenvalue weighted by atomic mass is 10.2. The zero-order valence-electron chi connectivity index (χ0n) is 15.9. The van der Waals surface area contributed by atoms with Gasteiger partial charge in [0.25, 0.3) is 5.91 Å². The Morgan fingerprint density at radius 2 is 1.90 bits per heavy atom. The van der Waals surface area contributed by atoms with Crippen molar-refractivity contribution >= 4 is 34.2 Å². The van der Waals surface area contributed by atoms with Gasteiger partial charge in [0.05, 0.1) is 18.4 Å². The summed E-state index contributed by atoms with van der Waals surface area (Å²) in [5.41, 5.74) is 7.92. The Morgan fingerprint density at radius 3 is 2.57 bits per heavy atom. The molecule has 148 valence electrons. The molecule has 0 aliphatic carbocycles. The topological polar surface area (TPSA) is 123 Å². The Bertz CT molecular complexity index is 1280.